The maximum Gasteiger partial charge on any atom is 0.264 e. The van der Waals surface area contributed by atoms with Gasteiger partial charge in [-0.05, 0) is 30.9 Å². The number of aryl methyl sites for hydroxylation is 2. The summed E-state index contributed by atoms with van der Waals surface area (Å²) in [7, 11) is 1.77. The van der Waals surface area contributed by atoms with Crippen LogP contribution in [0.15, 0.2) is 22.0 Å². The topological polar surface area (TPSA) is 46.3 Å². The number of thiophene rings is 1. The smallest absolute Gasteiger partial charge is 0.264 e. The van der Waals surface area contributed by atoms with E-state index in [2.05, 4.69) is 5.16 Å². The van der Waals surface area contributed by atoms with Crippen LogP contribution in [0.5, 0.6) is 0 Å². The summed E-state index contributed by atoms with van der Waals surface area (Å²) in [5, 5.41) is 5.80. The largest absolute Gasteiger partial charge is 0.361 e. The van der Waals surface area contributed by atoms with Gasteiger partial charge in [0.1, 0.15) is 11.5 Å². The van der Waals surface area contributed by atoms with Crippen molar-refractivity contribution in [1.82, 2.24) is 10.1 Å². The van der Waals surface area contributed by atoms with Crippen LogP contribution in [0, 0.1) is 13.8 Å². The van der Waals surface area contributed by atoms with E-state index in [1.807, 2.05) is 31.4 Å². The maximum absolute atomic E-state index is 12.1. The van der Waals surface area contributed by atoms with Crippen LogP contribution in [-0.4, -0.2) is 23.0 Å². The van der Waals surface area contributed by atoms with E-state index in [1.54, 1.807) is 11.9 Å². The fourth-order valence-electron chi connectivity index (χ4n) is 1.57. The lowest BCUT2D eigenvalue weighted by Gasteiger charge is -2.14. The minimum atomic E-state index is 0.0261. The van der Waals surface area contributed by atoms with Crippen molar-refractivity contribution in [2.45, 2.75) is 20.4 Å². The molecule has 0 saturated heterocycles. The van der Waals surface area contributed by atoms with Gasteiger partial charge in [-0.25, -0.2) is 0 Å². The minimum absolute atomic E-state index is 0.0261. The Morgan fingerprint density at radius 2 is 2.29 bits per heavy atom. The molecular weight excluding hydrogens is 236 g/mol. The van der Waals surface area contributed by atoms with Gasteiger partial charge in [0.05, 0.1) is 11.4 Å². The van der Waals surface area contributed by atoms with Gasteiger partial charge in [-0.2, -0.15) is 0 Å². The summed E-state index contributed by atoms with van der Waals surface area (Å²) in [5.74, 6) is 0.784. The van der Waals surface area contributed by atoms with Crippen molar-refractivity contribution in [1.29, 1.82) is 0 Å². The molecule has 0 saturated carbocycles. The Labute approximate surface area is 104 Å². The SMILES string of the molecule is Cc1cc(CN(C)C(=O)c2sccc2C)no1. The van der Waals surface area contributed by atoms with Gasteiger partial charge in [-0.3, -0.25) is 4.79 Å². The van der Waals surface area contributed by atoms with E-state index in [9.17, 15) is 4.79 Å². The molecule has 90 valence electrons. The molecule has 2 aromatic heterocycles. The third-order valence-corrected chi connectivity index (χ3v) is 3.48. The molecule has 2 rings (SSSR count). The van der Waals surface area contributed by atoms with Crippen molar-refractivity contribution in [2.24, 2.45) is 0 Å². The molecule has 17 heavy (non-hydrogen) atoms. The number of carbonyl (C=O) groups is 1. The van der Waals surface area contributed by atoms with Crippen LogP contribution in [0.4, 0.5) is 0 Å². The highest BCUT2D eigenvalue weighted by atomic mass is 32.1. The van der Waals surface area contributed by atoms with Gasteiger partial charge in [0.2, 0.25) is 0 Å². The zero-order chi connectivity index (χ0) is 12.4. The highest BCUT2D eigenvalue weighted by Gasteiger charge is 2.16. The second-order valence-corrected chi connectivity index (χ2v) is 4.94. The normalized spacial score (nSPS) is 10.5. The molecule has 0 radical (unpaired) electrons. The molecule has 0 aliphatic carbocycles. The second-order valence-electron chi connectivity index (χ2n) is 4.02. The summed E-state index contributed by atoms with van der Waals surface area (Å²) in [4.78, 5) is 14.5. The number of hydrogen-bond donors (Lipinski definition) is 0. The van der Waals surface area contributed by atoms with Gasteiger partial charge >= 0.3 is 0 Å². The molecule has 0 aliphatic rings. The zero-order valence-corrected chi connectivity index (χ0v) is 10.9. The van der Waals surface area contributed by atoms with Gasteiger partial charge < -0.3 is 9.42 Å². The van der Waals surface area contributed by atoms with Crippen molar-refractivity contribution in [3.8, 4) is 0 Å². The fraction of sp³-hybridized carbons (Fsp3) is 0.333. The zero-order valence-electron chi connectivity index (χ0n) is 10.1. The Balaban J connectivity index is 2.08. The van der Waals surface area contributed by atoms with E-state index in [4.69, 9.17) is 4.52 Å². The molecule has 0 atom stereocenters. The summed E-state index contributed by atoms with van der Waals surface area (Å²) < 4.78 is 4.97. The number of aromatic nitrogens is 1. The second kappa shape index (κ2) is 4.71. The molecule has 0 aromatic carbocycles. The van der Waals surface area contributed by atoms with Crippen LogP contribution >= 0.6 is 11.3 Å². The Hall–Kier alpha value is -1.62. The Bertz CT molecular complexity index is 530. The predicted octanol–water partition coefficient (Wildman–Crippen LogP) is 2.63. The first-order valence-corrected chi connectivity index (χ1v) is 6.17. The first-order valence-electron chi connectivity index (χ1n) is 5.29. The molecule has 2 heterocycles. The molecule has 0 spiro atoms. The molecular formula is C12H14N2O2S. The lowest BCUT2D eigenvalue weighted by atomic mass is 10.2. The van der Waals surface area contributed by atoms with Gasteiger partial charge in [-0.1, -0.05) is 5.16 Å². The maximum atomic E-state index is 12.1. The minimum Gasteiger partial charge on any atom is -0.361 e. The van der Waals surface area contributed by atoms with Crippen molar-refractivity contribution < 1.29 is 9.32 Å². The molecule has 0 aliphatic heterocycles. The molecule has 4 nitrogen and oxygen atoms in total. The van der Waals surface area contributed by atoms with Gasteiger partial charge in [-0.15, -0.1) is 11.3 Å². The molecule has 0 N–H and O–H groups in total. The number of hydrogen-bond acceptors (Lipinski definition) is 4. The van der Waals surface area contributed by atoms with Crippen molar-refractivity contribution >= 4 is 17.2 Å². The third kappa shape index (κ3) is 2.55. The average molecular weight is 250 g/mol. The monoisotopic (exact) mass is 250 g/mol. The van der Waals surface area contributed by atoms with E-state index in [1.165, 1.54) is 11.3 Å². The van der Waals surface area contributed by atoms with Crippen LogP contribution in [0.1, 0.15) is 26.7 Å². The lowest BCUT2D eigenvalue weighted by Crippen LogP contribution is -2.26. The van der Waals surface area contributed by atoms with E-state index in [0.717, 1.165) is 21.9 Å². The van der Waals surface area contributed by atoms with Crippen LogP contribution < -0.4 is 0 Å². The summed E-state index contributed by atoms with van der Waals surface area (Å²) in [6.07, 6.45) is 0. The fourth-order valence-corrected chi connectivity index (χ4v) is 2.49. The molecule has 1 amide bonds. The van der Waals surface area contributed by atoms with Crippen LogP contribution in [0.3, 0.4) is 0 Å². The molecule has 0 unspecified atom stereocenters. The number of carbonyl (C=O) groups excluding carboxylic acids is 1. The molecule has 0 bridgehead atoms. The molecule has 2 aromatic rings. The van der Waals surface area contributed by atoms with Crippen LogP contribution in [-0.2, 0) is 6.54 Å². The van der Waals surface area contributed by atoms with E-state index >= 15 is 0 Å². The standard InChI is InChI=1S/C12H14N2O2S/c1-8-4-5-17-11(8)12(15)14(3)7-10-6-9(2)16-13-10/h4-6H,7H2,1-3H3. The van der Waals surface area contributed by atoms with Crippen molar-refractivity contribution in [3.63, 3.8) is 0 Å². The quantitative estimate of drug-likeness (QED) is 0.841. The Kier molecular flexibility index (Phi) is 3.28. The van der Waals surface area contributed by atoms with Crippen molar-refractivity contribution in [2.75, 3.05) is 7.05 Å². The van der Waals surface area contributed by atoms with E-state index < -0.39 is 0 Å². The Morgan fingerprint density at radius 3 is 2.82 bits per heavy atom. The van der Waals surface area contributed by atoms with E-state index in [-0.39, 0.29) is 5.91 Å². The summed E-state index contributed by atoms with van der Waals surface area (Å²) in [5.41, 5.74) is 1.79. The predicted molar refractivity (Wildman–Crippen MR) is 66.1 cm³/mol. The number of rotatable bonds is 3. The first kappa shape index (κ1) is 11.9. The van der Waals surface area contributed by atoms with Crippen LogP contribution in [0.2, 0.25) is 0 Å². The van der Waals surface area contributed by atoms with Crippen molar-refractivity contribution in [3.05, 3.63) is 39.4 Å². The number of amides is 1. The average Bonchev–Trinajstić information content (AvgIpc) is 2.86. The highest BCUT2D eigenvalue weighted by Crippen LogP contribution is 2.18. The van der Waals surface area contributed by atoms with Crippen LogP contribution in [0.25, 0.3) is 0 Å². The van der Waals surface area contributed by atoms with Gasteiger partial charge in [0.15, 0.2) is 0 Å². The first-order chi connectivity index (χ1) is 8.08. The summed E-state index contributed by atoms with van der Waals surface area (Å²) in [6.45, 7) is 4.24. The molecule has 5 heteroatoms. The van der Waals surface area contributed by atoms with Gasteiger partial charge in [0.25, 0.3) is 5.91 Å². The lowest BCUT2D eigenvalue weighted by molar-refractivity contribution is 0.0786. The van der Waals surface area contributed by atoms with E-state index in [0.29, 0.717) is 6.54 Å². The Morgan fingerprint density at radius 1 is 1.53 bits per heavy atom. The number of nitrogens with zero attached hydrogens (tertiary/aromatic N) is 2. The molecule has 0 fully saturated rings. The van der Waals surface area contributed by atoms with Gasteiger partial charge in [0, 0.05) is 13.1 Å². The third-order valence-electron chi connectivity index (χ3n) is 2.48. The summed E-state index contributed by atoms with van der Waals surface area (Å²) >= 11 is 1.47. The highest BCUT2D eigenvalue weighted by molar-refractivity contribution is 7.12. The summed E-state index contributed by atoms with van der Waals surface area (Å²) in [6, 6.07) is 3.79.